The first-order chi connectivity index (χ1) is 11.7. The average Bonchev–Trinajstić information content (AvgIpc) is 3.23. The van der Waals surface area contributed by atoms with Gasteiger partial charge in [-0.3, -0.25) is 10.00 Å². The van der Waals surface area contributed by atoms with Crippen LogP contribution in [-0.4, -0.2) is 65.3 Å². The molecule has 0 spiro atoms. The van der Waals surface area contributed by atoms with Gasteiger partial charge < -0.3 is 14.6 Å². The maximum absolute atomic E-state index is 5.70. The number of hydrogen-bond acceptors (Lipinski definition) is 5. The lowest BCUT2D eigenvalue weighted by Gasteiger charge is -2.37. The Kier molecular flexibility index (Phi) is 5.71. The Morgan fingerprint density at radius 2 is 2.08 bits per heavy atom. The standard InChI is InChI=1S/C18H29N5O/c1-4-22-7-9-23(10-8-22)14(2)11-19-12-16-13-20-21-18(16)17-6-5-15(3)24-17/h5-6,13-14,19H,4,7-12H2,1-3H3,(H,20,21). The van der Waals surface area contributed by atoms with Gasteiger partial charge in [-0.05, 0) is 32.5 Å². The Hall–Kier alpha value is -1.63. The number of likely N-dealkylation sites (N-methyl/N-ethyl adjacent to an activating group) is 1. The van der Waals surface area contributed by atoms with Gasteiger partial charge >= 0.3 is 0 Å². The molecule has 6 heteroatoms. The minimum absolute atomic E-state index is 0.546. The zero-order valence-corrected chi connectivity index (χ0v) is 15.0. The van der Waals surface area contributed by atoms with Crippen LogP contribution in [0.15, 0.2) is 22.7 Å². The Labute approximate surface area is 144 Å². The Morgan fingerprint density at radius 1 is 1.29 bits per heavy atom. The SMILES string of the molecule is CCN1CCN(C(C)CNCc2cn[nH]c2-c2ccc(C)o2)CC1. The van der Waals surface area contributed by atoms with Gasteiger partial charge in [-0.2, -0.15) is 5.10 Å². The van der Waals surface area contributed by atoms with E-state index in [1.54, 1.807) is 0 Å². The lowest BCUT2D eigenvalue weighted by molar-refractivity contribution is 0.105. The second-order valence-corrected chi connectivity index (χ2v) is 6.63. The zero-order chi connectivity index (χ0) is 16.9. The fraction of sp³-hybridized carbons (Fsp3) is 0.611. The number of aromatic nitrogens is 2. The van der Waals surface area contributed by atoms with Crippen LogP contribution in [0.5, 0.6) is 0 Å². The predicted octanol–water partition coefficient (Wildman–Crippen LogP) is 2.09. The third-order valence-electron chi connectivity index (χ3n) is 4.94. The molecule has 3 heterocycles. The van der Waals surface area contributed by atoms with Crippen LogP contribution in [-0.2, 0) is 6.54 Å². The summed E-state index contributed by atoms with van der Waals surface area (Å²) in [4.78, 5) is 5.09. The molecule has 0 bridgehead atoms. The van der Waals surface area contributed by atoms with E-state index in [1.807, 2.05) is 25.3 Å². The molecule has 3 rings (SSSR count). The molecule has 1 atom stereocenters. The highest BCUT2D eigenvalue weighted by Gasteiger charge is 2.20. The van der Waals surface area contributed by atoms with Gasteiger partial charge in [0.05, 0.1) is 6.20 Å². The largest absolute Gasteiger partial charge is 0.460 e. The van der Waals surface area contributed by atoms with E-state index in [0.717, 1.165) is 42.4 Å². The van der Waals surface area contributed by atoms with Crippen molar-refractivity contribution in [1.29, 1.82) is 0 Å². The lowest BCUT2D eigenvalue weighted by atomic mass is 10.2. The summed E-state index contributed by atoms with van der Waals surface area (Å²) in [6.07, 6.45) is 1.88. The van der Waals surface area contributed by atoms with Crippen molar-refractivity contribution < 1.29 is 4.42 Å². The smallest absolute Gasteiger partial charge is 0.152 e. The highest BCUT2D eigenvalue weighted by atomic mass is 16.3. The molecule has 0 radical (unpaired) electrons. The molecule has 6 nitrogen and oxygen atoms in total. The Balaban J connectivity index is 1.48. The molecule has 2 N–H and O–H groups in total. The van der Waals surface area contributed by atoms with Gasteiger partial charge in [0.25, 0.3) is 0 Å². The number of rotatable bonds is 7. The van der Waals surface area contributed by atoms with E-state index < -0.39 is 0 Å². The molecular formula is C18H29N5O. The summed E-state index contributed by atoms with van der Waals surface area (Å²) in [5.74, 6) is 1.77. The predicted molar refractivity (Wildman–Crippen MR) is 95.9 cm³/mol. The third-order valence-corrected chi connectivity index (χ3v) is 4.94. The molecule has 1 saturated heterocycles. The van der Waals surface area contributed by atoms with E-state index in [1.165, 1.54) is 26.2 Å². The summed E-state index contributed by atoms with van der Waals surface area (Å²) in [5.41, 5.74) is 2.12. The maximum Gasteiger partial charge on any atom is 0.152 e. The second-order valence-electron chi connectivity index (χ2n) is 6.63. The van der Waals surface area contributed by atoms with Crippen molar-refractivity contribution >= 4 is 0 Å². The van der Waals surface area contributed by atoms with Crippen LogP contribution < -0.4 is 5.32 Å². The average molecular weight is 331 g/mol. The molecule has 0 amide bonds. The molecular weight excluding hydrogens is 302 g/mol. The van der Waals surface area contributed by atoms with Crippen molar-refractivity contribution in [3.8, 4) is 11.5 Å². The van der Waals surface area contributed by atoms with Gasteiger partial charge in [0.15, 0.2) is 5.76 Å². The van der Waals surface area contributed by atoms with E-state index in [9.17, 15) is 0 Å². The van der Waals surface area contributed by atoms with Gasteiger partial charge in [-0.25, -0.2) is 0 Å². The molecule has 1 aliphatic rings. The summed E-state index contributed by atoms with van der Waals surface area (Å²) in [6, 6.07) is 4.51. The van der Waals surface area contributed by atoms with Crippen molar-refractivity contribution in [3.05, 3.63) is 29.7 Å². The van der Waals surface area contributed by atoms with Crippen molar-refractivity contribution in [1.82, 2.24) is 25.3 Å². The molecule has 24 heavy (non-hydrogen) atoms. The van der Waals surface area contributed by atoms with Crippen molar-refractivity contribution in [2.24, 2.45) is 0 Å². The van der Waals surface area contributed by atoms with Gasteiger partial charge in [0, 0.05) is 50.9 Å². The summed E-state index contributed by atoms with van der Waals surface area (Å²) in [7, 11) is 0. The van der Waals surface area contributed by atoms with Crippen molar-refractivity contribution in [3.63, 3.8) is 0 Å². The lowest BCUT2D eigenvalue weighted by Crippen LogP contribution is -2.51. The Bertz CT molecular complexity index is 627. The number of H-pyrrole nitrogens is 1. The van der Waals surface area contributed by atoms with Crippen LogP contribution in [0.1, 0.15) is 25.2 Å². The number of aromatic amines is 1. The summed E-state index contributed by atoms with van der Waals surface area (Å²) < 4.78 is 5.70. The van der Waals surface area contributed by atoms with Crippen LogP contribution in [0.3, 0.4) is 0 Å². The molecule has 2 aromatic rings. The zero-order valence-electron chi connectivity index (χ0n) is 15.0. The van der Waals surface area contributed by atoms with Gasteiger partial charge in [0.2, 0.25) is 0 Å². The highest BCUT2D eigenvalue weighted by Crippen LogP contribution is 2.23. The number of nitrogens with one attached hydrogen (secondary N) is 2. The quantitative estimate of drug-likeness (QED) is 0.813. The molecule has 0 aliphatic carbocycles. The van der Waals surface area contributed by atoms with E-state index in [2.05, 4.69) is 39.2 Å². The van der Waals surface area contributed by atoms with Crippen molar-refractivity contribution in [2.45, 2.75) is 33.4 Å². The van der Waals surface area contributed by atoms with Gasteiger partial charge in [-0.1, -0.05) is 6.92 Å². The molecule has 0 saturated carbocycles. The normalized spacial score (nSPS) is 18.1. The first-order valence-electron chi connectivity index (χ1n) is 8.93. The molecule has 1 aliphatic heterocycles. The number of piperazine rings is 1. The number of hydrogen-bond donors (Lipinski definition) is 2. The van der Waals surface area contributed by atoms with Gasteiger partial charge in [-0.15, -0.1) is 0 Å². The highest BCUT2D eigenvalue weighted by molar-refractivity contribution is 5.56. The fourth-order valence-corrected chi connectivity index (χ4v) is 3.29. The first kappa shape index (κ1) is 17.2. The topological polar surface area (TPSA) is 60.3 Å². The molecule has 0 aromatic carbocycles. The summed E-state index contributed by atoms with van der Waals surface area (Å²) in [5, 5.41) is 10.8. The molecule has 1 unspecified atom stereocenters. The van der Waals surface area contributed by atoms with Crippen LogP contribution in [0.4, 0.5) is 0 Å². The van der Waals surface area contributed by atoms with E-state index in [-0.39, 0.29) is 0 Å². The van der Waals surface area contributed by atoms with E-state index >= 15 is 0 Å². The number of aryl methyl sites for hydroxylation is 1. The molecule has 132 valence electrons. The second kappa shape index (κ2) is 7.96. The Morgan fingerprint density at radius 3 is 2.75 bits per heavy atom. The third kappa shape index (κ3) is 4.06. The maximum atomic E-state index is 5.70. The van der Waals surface area contributed by atoms with Crippen LogP contribution >= 0.6 is 0 Å². The number of nitrogens with zero attached hydrogens (tertiary/aromatic N) is 3. The fourth-order valence-electron chi connectivity index (χ4n) is 3.29. The minimum atomic E-state index is 0.546. The van der Waals surface area contributed by atoms with Crippen LogP contribution in [0.25, 0.3) is 11.5 Å². The van der Waals surface area contributed by atoms with Gasteiger partial charge in [0.1, 0.15) is 11.5 Å². The van der Waals surface area contributed by atoms with E-state index in [4.69, 9.17) is 4.42 Å². The monoisotopic (exact) mass is 331 g/mol. The minimum Gasteiger partial charge on any atom is -0.460 e. The summed E-state index contributed by atoms with van der Waals surface area (Å²) in [6.45, 7) is 14.1. The number of furan rings is 1. The molecule has 1 fully saturated rings. The van der Waals surface area contributed by atoms with Crippen molar-refractivity contribution in [2.75, 3.05) is 39.3 Å². The van der Waals surface area contributed by atoms with Crippen LogP contribution in [0.2, 0.25) is 0 Å². The summed E-state index contributed by atoms with van der Waals surface area (Å²) >= 11 is 0. The molecule has 2 aromatic heterocycles. The van der Waals surface area contributed by atoms with E-state index in [0.29, 0.717) is 6.04 Å². The first-order valence-corrected chi connectivity index (χ1v) is 8.93. The van der Waals surface area contributed by atoms with Crippen LogP contribution in [0, 0.1) is 6.92 Å².